The summed E-state index contributed by atoms with van der Waals surface area (Å²) in [4.78, 5) is 0. The fourth-order valence-corrected chi connectivity index (χ4v) is 0. The molecule has 7 heteroatoms. The second kappa shape index (κ2) is 40.0. The van der Waals surface area contributed by atoms with Crippen molar-refractivity contribution in [1.29, 1.82) is 0 Å². The summed E-state index contributed by atoms with van der Waals surface area (Å²) in [6, 6.07) is 0. The Morgan fingerprint density at radius 3 is 1.29 bits per heavy atom. The molecule has 0 aromatic heterocycles. The van der Waals surface area contributed by atoms with Crippen molar-refractivity contribution in [2.45, 2.75) is 0 Å². The van der Waals surface area contributed by atoms with Crippen molar-refractivity contribution < 1.29 is 26.8 Å². The molecule has 0 saturated heterocycles. The van der Waals surface area contributed by atoms with E-state index >= 15 is 0 Å². The molecule has 0 bridgehead atoms. The van der Waals surface area contributed by atoms with Crippen LogP contribution in [0.25, 0.3) is 0 Å². The zero-order chi connectivity index (χ0) is 2.71. The molecule has 36 valence electrons. The normalized spacial score (nSPS) is 1.71. The maximum absolute atomic E-state index is 8.50. The van der Waals surface area contributed by atoms with Crippen LogP contribution in [0.3, 0.4) is 0 Å². The molecule has 0 aromatic rings. The van der Waals surface area contributed by atoms with Crippen LogP contribution in [-0.4, -0.2) is 68.5 Å². The maximum atomic E-state index is 8.50. The summed E-state index contributed by atoms with van der Waals surface area (Å²) in [7, 11) is 0. The summed E-state index contributed by atoms with van der Waals surface area (Å²) in [5.41, 5.74) is 0. The predicted molar refractivity (Wildman–Crippen MR) is 33.5 cm³/mol. The monoisotopic (exact) mass is 342 g/mol. The summed E-state index contributed by atoms with van der Waals surface area (Å²) in [5, 5.41) is 0. The summed E-state index contributed by atoms with van der Waals surface area (Å²) in [6.45, 7) is 0. The molecule has 0 aliphatic carbocycles. The van der Waals surface area contributed by atoms with Gasteiger partial charge in [0.15, 0.2) is 0 Å². The zero-order valence-corrected chi connectivity index (χ0v) is 17.0. The van der Waals surface area contributed by atoms with E-state index in [1.54, 1.807) is 0 Å². The van der Waals surface area contributed by atoms with Crippen LogP contribution in [0.15, 0.2) is 0 Å². The third-order valence-electron chi connectivity index (χ3n) is 0. The Kier molecular flexibility index (Phi) is 197. The van der Waals surface area contributed by atoms with Crippen molar-refractivity contribution >= 4 is 68.5 Å². The minimum absolute atomic E-state index is 0. The van der Waals surface area contributed by atoms with Gasteiger partial charge in [0.1, 0.15) is 0 Å². The predicted octanol–water partition coefficient (Wildman–Crippen LogP) is -7.70. The molecule has 0 N–H and O–H groups in total. The molecule has 0 spiro atoms. The minimum atomic E-state index is -2.00. The van der Waals surface area contributed by atoms with Gasteiger partial charge >= 0.3 is 95.3 Å². The van der Waals surface area contributed by atoms with Crippen LogP contribution in [-0.2, 0) is 3.78 Å². The molecule has 0 fully saturated rings. The van der Waals surface area contributed by atoms with Gasteiger partial charge < -0.3 is 0 Å². The van der Waals surface area contributed by atoms with Crippen molar-refractivity contribution in [3.05, 3.63) is 0 Å². The summed E-state index contributed by atoms with van der Waals surface area (Å²) in [5.74, 6) is 0. The van der Waals surface area contributed by atoms with E-state index in [1.807, 2.05) is 0 Å². The molecule has 0 amide bonds. The van der Waals surface area contributed by atoms with Gasteiger partial charge in [-0.25, -0.2) is 0 Å². The summed E-state index contributed by atoms with van der Waals surface area (Å²) < 4.78 is 17.0. The Hall–Kier alpha value is 2.37. The molecule has 0 saturated carbocycles. The fraction of sp³-hybridized carbons (Fsp3) is 0. The Labute approximate surface area is 94.1 Å². The van der Waals surface area contributed by atoms with Gasteiger partial charge in [-0.05, 0) is 0 Å². The van der Waals surface area contributed by atoms with Crippen molar-refractivity contribution in [1.82, 2.24) is 0 Å². The van der Waals surface area contributed by atoms with Crippen LogP contribution in [0.2, 0.25) is 0 Å². The SMILES string of the molecule is [GeH2].[GeH2].[GeH3].[Li+].[O]=[Ge][O-]. The van der Waals surface area contributed by atoms with Crippen LogP contribution >= 0.6 is 0 Å². The van der Waals surface area contributed by atoms with Gasteiger partial charge in [0, 0.05) is 0 Å². The first-order valence-electron chi connectivity index (χ1n) is 0.408. The molecule has 2 nitrogen and oxygen atoms in total. The van der Waals surface area contributed by atoms with Crippen LogP contribution in [0.5, 0.6) is 0 Å². The van der Waals surface area contributed by atoms with Crippen molar-refractivity contribution in [3.63, 3.8) is 0 Å². The van der Waals surface area contributed by atoms with Crippen molar-refractivity contribution in [2.24, 2.45) is 0 Å². The van der Waals surface area contributed by atoms with E-state index in [1.165, 1.54) is 0 Å². The van der Waals surface area contributed by atoms with E-state index in [4.69, 9.17) is 7.91 Å². The zero-order valence-electron chi connectivity index (χ0n) is 4.73. The molecule has 0 aliphatic heterocycles. The second-order valence-corrected chi connectivity index (χ2v) is 0.433. The summed E-state index contributed by atoms with van der Waals surface area (Å²) in [6.07, 6.45) is 0. The first kappa shape index (κ1) is 34.4. The molecule has 0 atom stereocenters. The molecule has 0 rings (SSSR count). The van der Waals surface area contributed by atoms with Gasteiger partial charge in [-0.2, -0.15) is 0 Å². The molecule has 6 radical (unpaired) electrons. The summed E-state index contributed by atoms with van der Waals surface area (Å²) >= 11 is -2.00. The number of hydrogen-bond acceptors (Lipinski definition) is 2. The second-order valence-electron chi connectivity index (χ2n) is 0.0833. The van der Waals surface area contributed by atoms with Gasteiger partial charge in [0.05, 0.1) is 0 Å². The molecule has 0 unspecified atom stereocenters. The van der Waals surface area contributed by atoms with Crippen molar-refractivity contribution in [3.8, 4) is 0 Å². The van der Waals surface area contributed by atoms with E-state index in [0.29, 0.717) is 0 Å². The average molecular weight is 336 g/mol. The average Bonchev–Trinajstić information content (AvgIpc) is 0.918. The fourth-order valence-electron chi connectivity index (χ4n) is 0. The Morgan fingerprint density at radius 2 is 1.29 bits per heavy atom. The van der Waals surface area contributed by atoms with Crippen LogP contribution in [0.1, 0.15) is 0 Å². The van der Waals surface area contributed by atoms with Crippen LogP contribution in [0, 0.1) is 0 Å². The molecule has 0 heterocycles. The third-order valence-corrected chi connectivity index (χ3v) is 0. The van der Waals surface area contributed by atoms with Gasteiger partial charge in [-0.3, -0.25) is 0 Å². The third kappa shape index (κ3) is 60.5. The quantitative estimate of drug-likeness (QED) is 0.413. The van der Waals surface area contributed by atoms with Crippen LogP contribution < -0.4 is 23.0 Å². The van der Waals surface area contributed by atoms with Crippen molar-refractivity contribution in [2.75, 3.05) is 0 Å². The van der Waals surface area contributed by atoms with Gasteiger partial charge in [0.2, 0.25) is 0 Å². The Morgan fingerprint density at radius 1 is 1.29 bits per heavy atom. The molecule has 0 aromatic carbocycles. The number of hydrogen-bond donors (Lipinski definition) is 0. The van der Waals surface area contributed by atoms with E-state index < -0.39 is 15.7 Å². The Balaban J connectivity index is -0.00000000333. The first-order valence-corrected chi connectivity index (χ1v) is 2.12. The van der Waals surface area contributed by atoms with Crippen LogP contribution in [0.4, 0.5) is 0 Å². The van der Waals surface area contributed by atoms with E-state index in [0.717, 1.165) is 0 Å². The van der Waals surface area contributed by atoms with Gasteiger partial charge in [-0.1, -0.05) is 0 Å². The van der Waals surface area contributed by atoms with E-state index in [-0.39, 0.29) is 71.7 Å². The topological polar surface area (TPSA) is 40.1 Å². The molecule has 7 heavy (non-hydrogen) atoms. The van der Waals surface area contributed by atoms with Gasteiger partial charge in [-0.15, -0.1) is 0 Å². The number of rotatable bonds is 0. The molecular formula is H7Ge4LiO2. The first-order chi connectivity index (χ1) is 1.41. The Bertz CT molecular complexity index is 17.2. The molecular weight excluding hydrogens is 329 g/mol. The van der Waals surface area contributed by atoms with E-state index in [2.05, 4.69) is 0 Å². The standard InChI is InChI=1S/GeO2.GeH3.2GeH2.Li/c2-1-3;;;;/h;1H3;2*1H2;/q-1;;;;+1. The molecule has 0 aliphatic rings. The van der Waals surface area contributed by atoms with E-state index in [9.17, 15) is 0 Å². The van der Waals surface area contributed by atoms with Gasteiger partial charge in [0.25, 0.3) is 0 Å².